The first-order valence-corrected chi connectivity index (χ1v) is 7.12. The summed E-state index contributed by atoms with van der Waals surface area (Å²) in [7, 11) is 0. The van der Waals surface area contributed by atoms with Gasteiger partial charge in [-0.25, -0.2) is 4.98 Å². The van der Waals surface area contributed by atoms with Crippen LogP contribution in [0.5, 0.6) is 0 Å². The van der Waals surface area contributed by atoms with Crippen molar-refractivity contribution in [1.82, 2.24) is 9.55 Å². The molecule has 0 bridgehead atoms. The topological polar surface area (TPSA) is 38.1 Å². The molecular formula is C12H20BrN3O. The van der Waals surface area contributed by atoms with Gasteiger partial charge in [-0.3, -0.25) is 4.79 Å². The zero-order valence-corrected chi connectivity index (χ0v) is 12.3. The van der Waals surface area contributed by atoms with Crippen LogP contribution >= 0.6 is 15.9 Å². The van der Waals surface area contributed by atoms with E-state index in [1.807, 2.05) is 4.90 Å². The minimum Gasteiger partial charge on any atom is -0.349 e. The molecule has 0 aliphatic heterocycles. The number of alkyl halides is 1. The molecule has 17 heavy (non-hydrogen) atoms. The molecule has 1 rings (SSSR count). The summed E-state index contributed by atoms with van der Waals surface area (Å²) in [6.07, 6.45) is 4.40. The molecule has 0 saturated heterocycles. The van der Waals surface area contributed by atoms with Crippen LogP contribution in [0.2, 0.25) is 0 Å². The van der Waals surface area contributed by atoms with Gasteiger partial charge in [0.15, 0.2) is 5.82 Å². The number of anilines is 1. The maximum atomic E-state index is 12.2. The molecule has 1 aromatic heterocycles. The van der Waals surface area contributed by atoms with Crippen molar-refractivity contribution in [3.8, 4) is 0 Å². The van der Waals surface area contributed by atoms with E-state index in [4.69, 9.17) is 0 Å². The van der Waals surface area contributed by atoms with Crippen molar-refractivity contribution >= 4 is 21.7 Å². The van der Waals surface area contributed by atoms with Gasteiger partial charge in [0.05, 0.1) is 0 Å². The van der Waals surface area contributed by atoms with E-state index in [1.54, 1.807) is 17.0 Å². The molecule has 96 valence electrons. The Balaban J connectivity index is 3.11. The summed E-state index contributed by atoms with van der Waals surface area (Å²) in [6, 6.07) is 0.269. The number of aryl methyl sites for hydroxylation is 1. The molecule has 0 atom stereocenters. The quantitative estimate of drug-likeness (QED) is 0.757. The summed E-state index contributed by atoms with van der Waals surface area (Å²) >= 11 is 3.41. The summed E-state index contributed by atoms with van der Waals surface area (Å²) in [5.74, 6) is 0.551. The van der Waals surface area contributed by atoms with Crippen molar-refractivity contribution in [1.29, 1.82) is 0 Å². The first kappa shape index (κ1) is 14.2. The van der Waals surface area contributed by atoms with Crippen LogP contribution in [0.1, 0.15) is 27.2 Å². The molecule has 0 fully saturated rings. The zero-order valence-electron chi connectivity index (χ0n) is 10.7. The van der Waals surface area contributed by atoms with Crippen LogP contribution in [0.15, 0.2) is 17.2 Å². The van der Waals surface area contributed by atoms with Gasteiger partial charge < -0.3 is 9.47 Å². The Kier molecular flexibility index (Phi) is 5.68. The van der Waals surface area contributed by atoms with E-state index < -0.39 is 0 Å². The number of nitrogens with zero attached hydrogens (tertiary/aromatic N) is 3. The van der Waals surface area contributed by atoms with E-state index in [1.165, 1.54) is 0 Å². The Morgan fingerprint density at radius 1 is 1.53 bits per heavy atom. The average Bonchev–Trinajstić information content (AvgIpc) is 2.29. The maximum absolute atomic E-state index is 12.2. The third kappa shape index (κ3) is 3.56. The lowest BCUT2D eigenvalue weighted by Gasteiger charge is -2.26. The minimum absolute atomic E-state index is 0.00370. The van der Waals surface area contributed by atoms with Crippen LogP contribution in [0.3, 0.4) is 0 Å². The van der Waals surface area contributed by atoms with Gasteiger partial charge >= 0.3 is 0 Å². The number of halogens is 1. The predicted octanol–water partition coefficient (Wildman–Crippen LogP) is 2.26. The lowest BCUT2D eigenvalue weighted by atomic mass is 10.3. The number of hydrogen-bond acceptors (Lipinski definition) is 3. The highest BCUT2D eigenvalue weighted by molar-refractivity contribution is 9.09. The molecule has 1 aromatic rings. The Morgan fingerprint density at radius 2 is 2.24 bits per heavy atom. The number of hydrogen-bond donors (Lipinski definition) is 0. The van der Waals surface area contributed by atoms with Crippen LogP contribution in [0.4, 0.5) is 5.82 Å². The van der Waals surface area contributed by atoms with Crippen molar-refractivity contribution in [2.75, 3.05) is 16.8 Å². The van der Waals surface area contributed by atoms with Gasteiger partial charge in [0.25, 0.3) is 5.56 Å². The Labute approximate surface area is 111 Å². The van der Waals surface area contributed by atoms with Gasteiger partial charge in [0.1, 0.15) is 0 Å². The molecule has 0 radical (unpaired) electrons. The molecule has 0 N–H and O–H groups in total. The molecule has 0 unspecified atom stereocenters. The minimum atomic E-state index is 0.00370. The molecule has 0 amide bonds. The normalized spacial score (nSPS) is 10.9. The monoisotopic (exact) mass is 301 g/mol. The van der Waals surface area contributed by atoms with Crippen LogP contribution in [0, 0.1) is 0 Å². The Morgan fingerprint density at radius 3 is 2.76 bits per heavy atom. The lowest BCUT2D eigenvalue weighted by Crippen LogP contribution is -2.39. The Bertz CT molecular complexity index is 403. The fourth-order valence-electron chi connectivity index (χ4n) is 1.75. The summed E-state index contributed by atoms with van der Waals surface area (Å²) in [5, 5.41) is 0.828. The SMILES string of the molecule is CCCn1ccnc(N(CCBr)C(C)C)c1=O. The molecule has 0 aliphatic carbocycles. The predicted molar refractivity (Wildman–Crippen MR) is 75.1 cm³/mol. The highest BCUT2D eigenvalue weighted by atomic mass is 79.9. The summed E-state index contributed by atoms with van der Waals surface area (Å²) in [5.41, 5.74) is 0.00370. The van der Waals surface area contributed by atoms with E-state index >= 15 is 0 Å². The number of aromatic nitrogens is 2. The van der Waals surface area contributed by atoms with E-state index in [-0.39, 0.29) is 11.6 Å². The van der Waals surface area contributed by atoms with Gasteiger partial charge in [-0.1, -0.05) is 22.9 Å². The molecule has 0 spiro atoms. The third-order valence-electron chi connectivity index (χ3n) is 2.58. The highest BCUT2D eigenvalue weighted by Gasteiger charge is 2.15. The first-order chi connectivity index (χ1) is 8.11. The molecule has 1 heterocycles. The van der Waals surface area contributed by atoms with Gasteiger partial charge in [0.2, 0.25) is 0 Å². The molecular weight excluding hydrogens is 282 g/mol. The maximum Gasteiger partial charge on any atom is 0.293 e. The van der Waals surface area contributed by atoms with Crippen LogP contribution < -0.4 is 10.5 Å². The van der Waals surface area contributed by atoms with E-state index in [2.05, 4.69) is 41.7 Å². The zero-order chi connectivity index (χ0) is 12.8. The smallest absolute Gasteiger partial charge is 0.293 e. The highest BCUT2D eigenvalue weighted by Crippen LogP contribution is 2.09. The van der Waals surface area contributed by atoms with Crippen LogP contribution in [-0.4, -0.2) is 27.5 Å². The average molecular weight is 302 g/mol. The van der Waals surface area contributed by atoms with Crippen LogP contribution in [0.25, 0.3) is 0 Å². The lowest BCUT2D eigenvalue weighted by molar-refractivity contribution is 0.629. The van der Waals surface area contributed by atoms with Crippen LogP contribution in [-0.2, 0) is 6.54 Å². The van der Waals surface area contributed by atoms with E-state index in [9.17, 15) is 4.79 Å². The summed E-state index contributed by atoms with van der Waals surface area (Å²) in [4.78, 5) is 18.5. The summed E-state index contributed by atoms with van der Waals surface area (Å²) in [6.45, 7) is 7.73. The van der Waals surface area contributed by atoms with Crippen molar-refractivity contribution in [2.24, 2.45) is 0 Å². The fourth-order valence-corrected chi connectivity index (χ4v) is 2.13. The molecule has 0 aromatic carbocycles. The van der Waals surface area contributed by atoms with Gasteiger partial charge in [-0.2, -0.15) is 0 Å². The number of rotatable bonds is 6. The second kappa shape index (κ2) is 6.79. The second-order valence-electron chi connectivity index (χ2n) is 4.23. The fraction of sp³-hybridized carbons (Fsp3) is 0.667. The third-order valence-corrected chi connectivity index (χ3v) is 2.94. The standard InChI is InChI=1S/C12H20BrN3O/c1-4-7-15-9-6-14-11(12(15)17)16(8-5-13)10(2)3/h6,9-10H,4-5,7-8H2,1-3H3. The molecule has 5 heteroatoms. The van der Waals surface area contributed by atoms with Gasteiger partial charge in [-0.05, 0) is 20.3 Å². The first-order valence-electron chi connectivity index (χ1n) is 5.99. The Hall–Kier alpha value is -0.840. The van der Waals surface area contributed by atoms with E-state index in [0.717, 1.165) is 24.8 Å². The largest absolute Gasteiger partial charge is 0.349 e. The van der Waals surface area contributed by atoms with Crippen molar-refractivity contribution in [3.05, 3.63) is 22.7 Å². The van der Waals surface area contributed by atoms with Crippen molar-refractivity contribution in [2.45, 2.75) is 39.8 Å². The molecule has 0 aliphatic rings. The van der Waals surface area contributed by atoms with Gasteiger partial charge in [-0.15, -0.1) is 0 Å². The summed E-state index contributed by atoms with van der Waals surface area (Å²) < 4.78 is 1.73. The van der Waals surface area contributed by atoms with E-state index in [0.29, 0.717) is 5.82 Å². The molecule has 4 nitrogen and oxygen atoms in total. The van der Waals surface area contributed by atoms with Crippen molar-refractivity contribution < 1.29 is 0 Å². The van der Waals surface area contributed by atoms with Crippen molar-refractivity contribution in [3.63, 3.8) is 0 Å². The van der Waals surface area contributed by atoms with Gasteiger partial charge in [0, 0.05) is 36.9 Å². The molecule has 0 saturated carbocycles. The second-order valence-corrected chi connectivity index (χ2v) is 5.02.